The van der Waals surface area contributed by atoms with Gasteiger partial charge in [0, 0.05) is 42.0 Å². The Balaban J connectivity index is 1.73. The molecule has 0 bridgehead atoms. The number of nitrogens with two attached hydrogens (primary N) is 3. The van der Waals surface area contributed by atoms with Crippen molar-refractivity contribution in [1.29, 1.82) is 0 Å². The number of carbonyl (C=O) groups is 4. The van der Waals surface area contributed by atoms with E-state index in [1.807, 2.05) is 31.2 Å². The molecule has 0 aliphatic carbocycles. The van der Waals surface area contributed by atoms with Gasteiger partial charge in [0.05, 0.1) is 12.4 Å². The fourth-order valence-electron chi connectivity index (χ4n) is 4.71. The van der Waals surface area contributed by atoms with Crippen LogP contribution in [-0.2, 0) is 32.0 Å². The molecular formula is C29H42N10O5. The Labute approximate surface area is 254 Å². The number of guanidine groups is 1. The molecule has 0 saturated heterocycles. The monoisotopic (exact) mass is 610 g/mol. The first-order chi connectivity index (χ1) is 21.0. The first-order valence-corrected chi connectivity index (χ1v) is 14.5. The van der Waals surface area contributed by atoms with Crippen LogP contribution in [0.5, 0.6) is 0 Å². The summed E-state index contributed by atoms with van der Waals surface area (Å²) in [6, 6.07) is 3.27. The van der Waals surface area contributed by atoms with E-state index in [0.29, 0.717) is 18.5 Å². The van der Waals surface area contributed by atoms with Crippen LogP contribution in [0.1, 0.15) is 44.4 Å². The lowest BCUT2D eigenvalue weighted by molar-refractivity contribution is -0.142. The summed E-state index contributed by atoms with van der Waals surface area (Å²) in [6.07, 6.45) is 5.88. The van der Waals surface area contributed by atoms with Gasteiger partial charge in [0.2, 0.25) is 17.7 Å². The zero-order chi connectivity index (χ0) is 32.2. The van der Waals surface area contributed by atoms with Gasteiger partial charge in [-0.1, -0.05) is 38.5 Å². The number of carbonyl (C=O) groups excluding carboxylic acids is 3. The van der Waals surface area contributed by atoms with E-state index in [0.717, 1.165) is 16.5 Å². The number of H-pyrrole nitrogens is 2. The van der Waals surface area contributed by atoms with Gasteiger partial charge >= 0.3 is 5.97 Å². The SMILES string of the molecule is CCC(C)C(NC(=O)C(CCCN=C(N)N)NC(=O)C(N)Cc1c[nH]c2ccccc12)C(=O)NC(Cc1cnc[nH]1)C(=O)O. The smallest absolute Gasteiger partial charge is 0.326 e. The molecule has 15 heteroatoms. The second-order valence-corrected chi connectivity index (χ2v) is 10.7. The van der Waals surface area contributed by atoms with Gasteiger partial charge in [-0.2, -0.15) is 0 Å². The molecule has 12 N–H and O–H groups in total. The summed E-state index contributed by atoms with van der Waals surface area (Å²) in [5, 5.41) is 18.6. The number of aromatic amines is 2. The van der Waals surface area contributed by atoms with Crippen molar-refractivity contribution in [3.8, 4) is 0 Å². The lowest BCUT2D eigenvalue weighted by Gasteiger charge is -2.28. The van der Waals surface area contributed by atoms with Crippen LogP contribution < -0.4 is 33.2 Å². The number of hydrogen-bond acceptors (Lipinski definition) is 7. The van der Waals surface area contributed by atoms with Gasteiger partial charge in [-0.05, 0) is 36.8 Å². The van der Waals surface area contributed by atoms with Crippen molar-refractivity contribution in [1.82, 2.24) is 30.9 Å². The normalized spacial score (nSPS) is 14.5. The van der Waals surface area contributed by atoms with Crippen LogP contribution in [0.3, 0.4) is 0 Å². The van der Waals surface area contributed by atoms with E-state index in [2.05, 4.69) is 35.9 Å². The van der Waals surface area contributed by atoms with Crippen LogP contribution in [0.4, 0.5) is 0 Å². The highest BCUT2D eigenvalue weighted by Crippen LogP contribution is 2.19. The van der Waals surface area contributed by atoms with E-state index < -0.39 is 47.9 Å². The first-order valence-electron chi connectivity index (χ1n) is 14.5. The van der Waals surface area contributed by atoms with E-state index >= 15 is 0 Å². The zero-order valence-corrected chi connectivity index (χ0v) is 24.9. The van der Waals surface area contributed by atoms with Crippen LogP contribution >= 0.6 is 0 Å². The van der Waals surface area contributed by atoms with E-state index in [1.165, 1.54) is 12.5 Å². The summed E-state index contributed by atoms with van der Waals surface area (Å²) >= 11 is 0. The molecule has 0 fully saturated rings. The molecule has 2 aromatic heterocycles. The maximum absolute atomic E-state index is 13.6. The molecule has 5 unspecified atom stereocenters. The van der Waals surface area contributed by atoms with E-state index in [9.17, 15) is 24.3 Å². The number of amides is 3. The average Bonchev–Trinajstić information content (AvgIpc) is 3.66. The third-order valence-corrected chi connectivity index (χ3v) is 7.42. The molecule has 5 atom stereocenters. The minimum atomic E-state index is -1.26. The molecule has 1 aromatic carbocycles. The number of carboxylic acids is 1. The topological polar surface area (TPSA) is 259 Å². The average molecular weight is 611 g/mol. The number of aliphatic imine (C=N–C) groups is 1. The summed E-state index contributed by atoms with van der Waals surface area (Å²) < 4.78 is 0. The third kappa shape index (κ3) is 9.55. The van der Waals surface area contributed by atoms with Gasteiger partial charge in [-0.15, -0.1) is 0 Å². The van der Waals surface area contributed by atoms with Gasteiger partial charge in [0.15, 0.2) is 5.96 Å². The number of carboxylic acid groups (broad SMARTS) is 1. The van der Waals surface area contributed by atoms with Crippen LogP contribution in [0.2, 0.25) is 0 Å². The molecule has 0 aliphatic heterocycles. The van der Waals surface area contributed by atoms with Crippen LogP contribution in [-0.4, -0.2) is 80.4 Å². The predicted molar refractivity (Wildman–Crippen MR) is 165 cm³/mol. The van der Waals surface area contributed by atoms with E-state index in [-0.39, 0.29) is 37.7 Å². The summed E-state index contributed by atoms with van der Waals surface area (Å²) in [7, 11) is 0. The number of nitrogens with zero attached hydrogens (tertiary/aromatic N) is 2. The van der Waals surface area contributed by atoms with Crippen molar-refractivity contribution in [2.45, 2.75) is 70.1 Å². The lowest BCUT2D eigenvalue weighted by Crippen LogP contribution is -2.59. The van der Waals surface area contributed by atoms with E-state index in [4.69, 9.17) is 17.2 Å². The Kier molecular flexibility index (Phi) is 12.3. The Morgan fingerprint density at radius 1 is 1.00 bits per heavy atom. The van der Waals surface area contributed by atoms with Gasteiger partial charge in [0.25, 0.3) is 0 Å². The molecule has 0 radical (unpaired) electrons. The molecule has 3 rings (SSSR count). The fourth-order valence-corrected chi connectivity index (χ4v) is 4.71. The van der Waals surface area contributed by atoms with Crippen LogP contribution in [0.15, 0.2) is 48.0 Å². The van der Waals surface area contributed by atoms with E-state index in [1.54, 1.807) is 13.1 Å². The molecule has 0 aliphatic rings. The van der Waals surface area contributed by atoms with Gasteiger partial charge < -0.3 is 48.2 Å². The number of aromatic nitrogens is 3. The van der Waals surface area contributed by atoms with Gasteiger partial charge in [-0.3, -0.25) is 19.4 Å². The third-order valence-electron chi connectivity index (χ3n) is 7.42. The quantitative estimate of drug-likeness (QED) is 0.0548. The number of benzene rings is 1. The molecule has 2 heterocycles. The zero-order valence-electron chi connectivity index (χ0n) is 24.9. The molecular weight excluding hydrogens is 568 g/mol. The van der Waals surface area contributed by atoms with Crippen molar-refractivity contribution in [2.24, 2.45) is 28.1 Å². The first kappa shape index (κ1) is 33.6. The van der Waals surface area contributed by atoms with Crippen LogP contribution in [0.25, 0.3) is 10.9 Å². The Morgan fingerprint density at radius 2 is 1.73 bits per heavy atom. The number of para-hydroxylation sites is 1. The lowest BCUT2D eigenvalue weighted by atomic mass is 9.96. The standard InChI is InChI=1S/C29H42N10O5/c1-3-16(2)24(27(42)38-23(28(43)44)12-18-14-33-15-36-18)39-26(41)22(9-6-10-34-29(31)32)37-25(40)20(30)11-17-13-35-21-8-5-4-7-19(17)21/h4-5,7-8,13-16,20,22-24,35H,3,6,9-12,30H2,1-2H3,(H,33,36)(H,37,40)(H,38,42)(H,39,41)(H,43,44)(H4,31,32,34). The van der Waals surface area contributed by atoms with Crippen LogP contribution in [0, 0.1) is 5.92 Å². The molecule has 238 valence electrons. The second-order valence-electron chi connectivity index (χ2n) is 10.7. The van der Waals surface area contributed by atoms with Crippen molar-refractivity contribution in [3.05, 3.63) is 54.2 Å². The Hall–Kier alpha value is -4.92. The fraction of sp³-hybridized carbons (Fsp3) is 0.448. The predicted octanol–water partition coefficient (Wildman–Crippen LogP) is -0.358. The van der Waals surface area contributed by atoms with Crippen molar-refractivity contribution in [3.63, 3.8) is 0 Å². The Morgan fingerprint density at radius 3 is 2.39 bits per heavy atom. The molecule has 0 spiro atoms. The Bertz CT molecular complexity index is 1430. The number of fused-ring (bicyclic) bond motifs is 1. The maximum Gasteiger partial charge on any atom is 0.326 e. The molecule has 15 nitrogen and oxygen atoms in total. The highest BCUT2D eigenvalue weighted by Gasteiger charge is 2.33. The number of nitrogens with one attached hydrogen (secondary N) is 5. The van der Waals surface area contributed by atoms with Crippen molar-refractivity contribution in [2.75, 3.05) is 6.54 Å². The number of hydrogen-bond donors (Lipinski definition) is 9. The minimum absolute atomic E-state index is 0.0277. The minimum Gasteiger partial charge on any atom is -0.480 e. The summed E-state index contributed by atoms with van der Waals surface area (Å²) in [4.78, 5) is 65.8. The number of aliphatic carboxylic acids is 1. The second kappa shape index (κ2) is 16.1. The largest absolute Gasteiger partial charge is 0.480 e. The number of imidazole rings is 1. The van der Waals surface area contributed by atoms with Gasteiger partial charge in [0.1, 0.15) is 18.1 Å². The summed E-state index contributed by atoms with van der Waals surface area (Å²) in [5.41, 5.74) is 19.4. The molecule has 44 heavy (non-hydrogen) atoms. The van der Waals surface area contributed by atoms with Crippen molar-refractivity contribution < 1.29 is 24.3 Å². The van der Waals surface area contributed by atoms with Crippen molar-refractivity contribution >= 4 is 40.6 Å². The number of rotatable bonds is 17. The highest BCUT2D eigenvalue weighted by molar-refractivity contribution is 5.94. The maximum atomic E-state index is 13.6. The summed E-state index contributed by atoms with van der Waals surface area (Å²) in [6.45, 7) is 3.82. The summed E-state index contributed by atoms with van der Waals surface area (Å²) in [5.74, 6) is -3.54. The highest BCUT2D eigenvalue weighted by atomic mass is 16.4. The molecule has 3 aromatic rings. The van der Waals surface area contributed by atoms with Gasteiger partial charge in [-0.25, -0.2) is 9.78 Å². The molecule has 3 amide bonds. The molecule has 0 saturated carbocycles.